The van der Waals surface area contributed by atoms with Gasteiger partial charge in [0.15, 0.2) is 5.13 Å². The van der Waals surface area contributed by atoms with Crippen molar-refractivity contribution < 1.29 is 9.59 Å². The maximum Gasteiger partial charge on any atom is 0.232 e. The number of carbonyl (C=O) groups is 2. The first-order valence-corrected chi connectivity index (χ1v) is 10.8. The molecular formula is C19H21N3O2S2. The normalized spacial score (nSPS) is 16.2. The number of nitrogens with one attached hydrogen (secondary N) is 1. The number of amides is 2. The summed E-state index contributed by atoms with van der Waals surface area (Å²) in [7, 11) is 0. The molecule has 0 atom stereocenters. The zero-order valence-corrected chi connectivity index (χ0v) is 16.1. The summed E-state index contributed by atoms with van der Waals surface area (Å²) in [6.07, 6.45) is 2.74. The Morgan fingerprint density at radius 3 is 2.85 bits per heavy atom. The van der Waals surface area contributed by atoms with Crippen LogP contribution in [0.2, 0.25) is 0 Å². The van der Waals surface area contributed by atoms with Crippen molar-refractivity contribution >= 4 is 40.0 Å². The molecule has 1 aliphatic heterocycles. The van der Waals surface area contributed by atoms with Gasteiger partial charge in [-0.2, -0.15) is 0 Å². The summed E-state index contributed by atoms with van der Waals surface area (Å²) in [6.45, 7) is 1.31. The highest BCUT2D eigenvalue weighted by Crippen LogP contribution is 2.33. The van der Waals surface area contributed by atoms with Gasteiger partial charge >= 0.3 is 0 Å². The van der Waals surface area contributed by atoms with E-state index in [1.165, 1.54) is 16.9 Å². The molecule has 0 radical (unpaired) electrons. The Balaban J connectivity index is 1.29. The number of rotatable bonds is 6. The minimum absolute atomic E-state index is 0.0846. The van der Waals surface area contributed by atoms with E-state index in [2.05, 4.69) is 22.4 Å². The number of hydrogen-bond acceptors (Lipinski definition) is 5. The second kappa shape index (κ2) is 7.80. The van der Waals surface area contributed by atoms with Crippen molar-refractivity contribution in [2.45, 2.75) is 31.6 Å². The van der Waals surface area contributed by atoms with Crippen molar-refractivity contribution in [3.63, 3.8) is 0 Å². The van der Waals surface area contributed by atoms with E-state index in [1.54, 1.807) is 11.8 Å². The molecule has 5 nitrogen and oxygen atoms in total. The van der Waals surface area contributed by atoms with E-state index >= 15 is 0 Å². The van der Waals surface area contributed by atoms with Gasteiger partial charge in [-0.05, 0) is 18.4 Å². The SMILES string of the molecule is O=C(Nc1nc2c(s1)CN(C(=O)CSCc1ccccc1)CC2)C1CC1. The Morgan fingerprint density at radius 1 is 1.27 bits per heavy atom. The van der Waals surface area contributed by atoms with Crippen LogP contribution in [0.3, 0.4) is 0 Å². The third kappa shape index (κ3) is 4.27. The molecule has 0 saturated heterocycles. The molecule has 0 unspecified atom stereocenters. The van der Waals surface area contributed by atoms with Gasteiger partial charge in [0.2, 0.25) is 11.8 Å². The smallest absolute Gasteiger partial charge is 0.232 e. The molecule has 2 amide bonds. The van der Waals surface area contributed by atoms with Crippen LogP contribution in [-0.4, -0.2) is 34.0 Å². The van der Waals surface area contributed by atoms with Crippen LogP contribution in [0.1, 0.15) is 29.0 Å². The second-order valence-corrected chi connectivity index (χ2v) is 8.77. The Labute approximate surface area is 161 Å². The summed E-state index contributed by atoms with van der Waals surface area (Å²) < 4.78 is 0. The summed E-state index contributed by atoms with van der Waals surface area (Å²) in [5.41, 5.74) is 2.27. The highest BCUT2D eigenvalue weighted by molar-refractivity contribution is 7.99. The molecule has 1 N–H and O–H groups in total. The third-order valence-electron chi connectivity index (χ3n) is 4.60. The van der Waals surface area contributed by atoms with Crippen molar-refractivity contribution in [1.82, 2.24) is 9.88 Å². The zero-order valence-electron chi connectivity index (χ0n) is 14.4. The Kier molecular flexibility index (Phi) is 5.26. The summed E-state index contributed by atoms with van der Waals surface area (Å²) in [5.74, 6) is 1.78. The Hall–Kier alpha value is -1.86. The highest BCUT2D eigenvalue weighted by Gasteiger charge is 2.31. The van der Waals surface area contributed by atoms with Crippen molar-refractivity contribution in [3.05, 3.63) is 46.5 Å². The van der Waals surface area contributed by atoms with Crippen molar-refractivity contribution in [2.24, 2.45) is 5.92 Å². The van der Waals surface area contributed by atoms with Gasteiger partial charge in [-0.3, -0.25) is 9.59 Å². The van der Waals surface area contributed by atoms with Crippen LogP contribution in [0.25, 0.3) is 0 Å². The summed E-state index contributed by atoms with van der Waals surface area (Å²) in [4.78, 5) is 31.9. The van der Waals surface area contributed by atoms with E-state index in [4.69, 9.17) is 0 Å². The number of benzene rings is 1. The van der Waals surface area contributed by atoms with Gasteiger partial charge in [-0.15, -0.1) is 11.8 Å². The molecule has 7 heteroatoms. The fourth-order valence-electron chi connectivity index (χ4n) is 2.94. The quantitative estimate of drug-likeness (QED) is 0.826. The molecule has 1 aromatic carbocycles. The van der Waals surface area contributed by atoms with Crippen molar-refractivity contribution in [3.8, 4) is 0 Å². The van der Waals surface area contributed by atoms with Crippen LogP contribution in [0.4, 0.5) is 5.13 Å². The molecule has 136 valence electrons. The molecule has 0 spiro atoms. The summed E-state index contributed by atoms with van der Waals surface area (Å²) in [6, 6.07) is 10.2. The van der Waals surface area contributed by atoms with E-state index in [1.807, 2.05) is 23.1 Å². The lowest BCUT2D eigenvalue weighted by atomic mass is 10.2. The molecule has 1 aromatic heterocycles. The number of carbonyl (C=O) groups excluding carboxylic acids is 2. The number of aromatic nitrogens is 1. The number of nitrogens with zero attached hydrogens (tertiary/aromatic N) is 2. The van der Waals surface area contributed by atoms with Crippen LogP contribution in [0.15, 0.2) is 30.3 Å². The summed E-state index contributed by atoms with van der Waals surface area (Å²) in [5, 5.41) is 3.60. The topological polar surface area (TPSA) is 62.3 Å². The Morgan fingerprint density at radius 2 is 2.08 bits per heavy atom. The molecule has 1 saturated carbocycles. The predicted molar refractivity (Wildman–Crippen MR) is 105 cm³/mol. The lowest BCUT2D eigenvalue weighted by Gasteiger charge is -2.26. The van der Waals surface area contributed by atoms with Crippen molar-refractivity contribution in [1.29, 1.82) is 0 Å². The standard InChI is InChI=1S/C19H21N3O2S2/c23-17(12-25-11-13-4-2-1-3-5-13)22-9-8-15-16(10-22)26-19(20-15)21-18(24)14-6-7-14/h1-5,14H,6-12H2,(H,20,21,24). The molecule has 1 fully saturated rings. The van der Waals surface area contributed by atoms with Crippen LogP contribution in [0, 0.1) is 5.92 Å². The molecule has 26 heavy (non-hydrogen) atoms. The number of thiazole rings is 1. The average Bonchev–Trinajstić information content (AvgIpc) is 3.43. The molecule has 2 heterocycles. The molecular weight excluding hydrogens is 366 g/mol. The number of hydrogen-bond donors (Lipinski definition) is 1. The molecule has 0 bridgehead atoms. The average molecular weight is 388 g/mol. The van der Waals surface area contributed by atoms with Gasteiger partial charge in [0.05, 0.1) is 18.0 Å². The van der Waals surface area contributed by atoms with Gasteiger partial charge in [0, 0.05) is 29.5 Å². The van der Waals surface area contributed by atoms with Crippen LogP contribution >= 0.6 is 23.1 Å². The lowest BCUT2D eigenvalue weighted by molar-refractivity contribution is -0.129. The fourth-order valence-corrected chi connectivity index (χ4v) is 4.85. The lowest BCUT2D eigenvalue weighted by Crippen LogP contribution is -2.36. The minimum atomic E-state index is 0.0846. The van der Waals surface area contributed by atoms with E-state index < -0.39 is 0 Å². The van der Waals surface area contributed by atoms with E-state index in [0.717, 1.165) is 35.6 Å². The molecule has 1 aliphatic carbocycles. The second-order valence-electron chi connectivity index (χ2n) is 6.70. The highest BCUT2D eigenvalue weighted by atomic mass is 32.2. The molecule has 2 aliphatic rings. The zero-order chi connectivity index (χ0) is 17.9. The third-order valence-corrected chi connectivity index (χ3v) is 6.59. The van der Waals surface area contributed by atoms with E-state index in [-0.39, 0.29) is 17.7 Å². The minimum Gasteiger partial charge on any atom is -0.336 e. The first-order chi connectivity index (χ1) is 12.7. The first-order valence-electron chi connectivity index (χ1n) is 8.88. The first kappa shape index (κ1) is 17.5. The molecule has 2 aromatic rings. The van der Waals surface area contributed by atoms with Gasteiger partial charge in [0.25, 0.3) is 0 Å². The summed E-state index contributed by atoms with van der Waals surface area (Å²) >= 11 is 3.16. The van der Waals surface area contributed by atoms with Gasteiger partial charge in [-0.25, -0.2) is 4.98 Å². The molecule has 4 rings (SSSR count). The number of thioether (sulfide) groups is 1. The fraction of sp³-hybridized carbons (Fsp3) is 0.421. The van der Waals surface area contributed by atoms with Crippen LogP contribution < -0.4 is 5.32 Å². The predicted octanol–water partition coefficient (Wildman–Crippen LogP) is 3.31. The monoisotopic (exact) mass is 387 g/mol. The van der Waals surface area contributed by atoms with Gasteiger partial charge < -0.3 is 10.2 Å². The van der Waals surface area contributed by atoms with E-state index in [0.29, 0.717) is 24.0 Å². The largest absolute Gasteiger partial charge is 0.336 e. The van der Waals surface area contributed by atoms with Crippen molar-refractivity contribution in [2.75, 3.05) is 17.6 Å². The number of anilines is 1. The van der Waals surface area contributed by atoms with Crippen LogP contribution in [0.5, 0.6) is 0 Å². The van der Waals surface area contributed by atoms with Gasteiger partial charge in [-0.1, -0.05) is 41.7 Å². The maximum absolute atomic E-state index is 12.5. The van der Waals surface area contributed by atoms with Crippen LogP contribution in [-0.2, 0) is 28.3 Å². The number of fused-ring (bicyclic) bond motifs is 1. The van der Waals surface area contributed by atoms with Gasteiger partial charge in [0.1, 0.15) is 0 Å². The maximum atomic E-state index is 12.5. The Bertz CT molecular complexity index is 802. The van der Waals surface area contributed by atoms with E-state index in [9.17, 15) is 9.59 Å².